The first kappa shape index (κ1) is 24.8. The molecule has 182 valence electrons. The highest BCUT2D eigenvalue weighted by atomic mass is 35.5. The number of rotatable bonds is 8. The number of aryl methyl sites for hydroxylation is 1. The number of hydrogen-bond donors (Lipinski definition) is 3. The summed E-state index contributed by atoms with van der Waals surface area (Å²) in [5.41, 5.74) is 2.65. The van der Waals surface area contributed by atoms with Gasteiger partial charge in [0.2, 0.25) is 0 Å². The fourth-order valence-electron chi connectivity index (χ4n) is 3.47. The van der Waals surface area contributed by atoms with E-state index < -0.39 is 21.2 Å². The summed E-state index contributed by atoms with van der Waals surface area (Å²) in [6.07, 6.45) is 0. The van der Waals surface area contributed by atoms with Crippen molar-refractivity contribution in [3.63, 3.8) is 0 Å². The fourth-order valence-corrected chi connectivity index (χ4v) is 3.72. The lowest BCUT2D eigenvalue weighted by molar-refractivity contribution is -0.393. The number of halogens is 2. The monoisotopic (exact) mass is 523 g/mol. The van der Waals surface area contributed by atoms with Crippen molar-refractivity contribution in [2.75, 3.05) is 16.0 Å². The van der Waals surface area contributed by atoms with Crippen LogP contribution in [0.3, 0.4) is 0 Å². The van der Waals surface area contributed by atoms with E-state index in [0.29, 0.717) is 27.1 Å². The molecule has 4 aromatic carbocycles. The van der Waals surface area contributed by atoms with Crippen LogP contribution in [0, 0.1) is 27.2 Å². The Kier molecular flexibility index (Phi) is 7.23. The Morgan fingerprint density at radius 3 is 1.56 bits per heavy atom. The molecular formula is C25H19Cl2N5O4. The van der Waals surface area contributed by atoms with E-state index in [1.807, 2.05) is 25.1 Å². The lowest BCUT2D eigenvalue weighted by Gasteiger charge is -2.16. The largest absolute Gasteiger partial charge is 0.354 e. The molecule has 0 radical (unpaired) electrons. The molecule has 0 saturated carbocycles. The van der Waals surface area contributed by atoms with E-state index in [2.05, 4.69) is 16.0 Å². The third-order valence-corrected chi connectivity index (χ3v) is 5.70. The molecule has 0 fully saturated rings. The third-order valence-electron chi connectivity index (χ3n) is 5.20. The molecular weight excluding hydrogens is 505 g/mol. The molecule has 0 heterocycles. The molecule has 0 aromatic heterocycles. The predicted molar refractivity (Wildman–Crippen MR) is 144 cm³/mol. The molecule has 3 N–H and O–H groups in total. The second-order valence-corrected chi connectivity index (χ2v) is 8.71. The average Bonchev–Trinajstić information content (AvgIpc) is 2.83. The number of nitrogens with zero attached hydrogens (tertiary/aromatic N) is 2. The zero-order valence-electron chi connectivity index (χ0n) is 18.8. The van der Waals surface area contributed by atoms with Gasteiger partial charge in [0, 0.05) is 21.4 Å². The van der Waals surface area contributed by atoms with Gasteiger partial charge in [0.05, 0.1) is 27.3 Å². The van der Waals surface area contributed by atoms with Gasteiger partial charge in [-0.3, -0.25) is 20.2 Å². The first-order valence-electron chi connectivity index (χ1n) is 10.6. The number of nitrogens with one attached hydrogen (secondary N) is 3. The van der Waals surface area contributed by atoms with Gasteiger partial charge in [-0.05, 0) is 79.2 Å². The first-order chi connectivity index (χ1) is 17.2. The van der Waals surface area contributed by atoms with Crippen LogP contribution < -0.4 is 16.0 Å². The molecule has 0 atom stereocenters. The van der Waals surface area contributed by atoms with Crippen molar-refractivity contribution >= 4 is 68.7 Å². The molecule has 0 aliphatic rings. The lowest BCUT2D eigenvalue weighted by atomic mass is 10.1. The maximum absolute atomic E-state index is 11.8. The van der Waals surface area contributed by atoms with Crippen molar-refractivity contribution in [1.82, 2.24) is 0 Å². The van der Waals surface area contributed by atoms with Gasteiger partial charge in [-0.2, -0.15) is 0 Å². The molecule has 0 aliphatic carbocycles. The van der Waals surface area contributed by atoms with Crippen molar-refractivity contribution in [3.8, 4) is 0 Å². The van der Waals surface area contributed by atoms with Gasteiger partial charge in [0.1, 0.15) is 11.4 Å². The highest BCUT2D eigenvalue weighted by molar-refractivity contribution is 6.30. The van der Waals surface area contributed by atoms with E-state index in [1.165, 1.54) is 6.07 Å². The summed E-state index contributed by atoms with van der Waals surface area (Å²) in [6, 6.07) is 21.4. The van der Waals surface area contributed by atoms with Gasteiger partial charge >= 0.3 is 0 Å². The SMILES string of the molecule is Cc1ccc(Nc2ccc(Cl)cc2)c(Nc2cc(Nc3ccc(Cl)cc3)c([N+](=O)[O-])cc2[N+](=O)[O-])c1. The minimum absolute atomic E-state index is 0.0758. The van der Waals surface area contributed by atoms with Crippen molar-refractivity contribution in [1.29, 1.82) is 0 Å². The molecule has 0 spiro atoms. The molecule has 36 heavy (non-hydrogen) atoms. The Balaban J connectivity index is 1.76. The maximum Gasteiger partial charge on any atom is 0.299 e. The molecule has 0 aliphatic heterocycles. The maximum atomic E-state index is 11.8. The van der Waals surface area contributed by atoms with Crippen molar-refractivity contribution in [3.05, 3.63) is 115 Å². The van der Waals surface area contributed by atoms with Gasteiger partial charge in [-0.25, -0.2) is 0 Å². The van der Waals surface area contributed by atoms with Gasteiger partial charge < -0.3 is 16.0 Å². The summed E-state index contributed by atoms with van der Waals surface area (Å²) >= 11 is 11.9. The van der Waals surface area contributed by atoms with Crippen LogP contribution in [0.15, 0.2) is 78.9 Å². The summed E-state index contributed by atoms with van der Waals surface area (Å²) in [5.74, 6) is 0. The highest BCUT2D eigenvalue weighted by Crippen LogP contribution is 2.40. The predicted octanol–water partition coefficient (Wildman–Crippen LogP) is 8.35. The zero-order chi connectivity index (χ0) is 25.8. The van der Waals surface area contributed by atoms with Gasteiger partial charge in [0.15, 0.2) is 0 Å². The third kappa shape index (κ3) is 5.83. The second kappa shape index (κ2) is 10.5. The minimum Gasteiger partial charge on any atom is -0.354 e. The molecule has 0 amide bonds. The van der Waals surface area contributed by atoms with E-state index in [1.54, 1.807) is 48.5 Å². The van der Waals surface area contributed by atoms with Crippen molar-refractivity contribution in [2.45, 2.75) is 6.92 Å². The summed E-state index contributed by atoms with van der Waals surface area (Å²) in [5, 5.41) is 33.9. The van der Waals surface area contributed by atoms with Crippen LogP contribution in [0.5, 0.6) is 0 Å². The van der Waals surface area contributed by atoms with Crippen LogP contribution in [0.4, 0.5) is 45.5 Å². The molecule has 4 rings (SSSR count). The molecule has 4 aromatic rings. The smallest absolute Gasteiger partial charge is 0.299 e. The minimum atomic E-state index is -0.671. The van der Waals surface area contributed by atoms with Crippen molar-refractivity contribution < 1.29 is 9.85 Å². The molecule has 11 heteroatoms. The summed E-state index contributed by atoms with van der Waals surface area (Å²) in [6.45, 7) is 1.88. The Hall–Kier alpha value is -4.34. The Bertz CT molecular complexity index is 1440. The number of hydrogen-bond acceptors (Lipinski definition) is 7. The van der Waals surface area contributed by atoms with Crippen molar-refractivity contribution in [2.24, 2.45) is 0 Å². The van der Waals surface area contributed by atoms with Gasteiger partial charge in [0.25, 0.3) is 11.4 Å². The molecule has 0 unspecified atom stereocenters. The van der Waals surface area contributed by atoms with E-state index in [4.69, 9.17) is 23.2 Å². The highest BCUT2D eigenvalue weighted by Gasteiger charge is 2.25. The van der Waals surface area contributed by atoms with Crippen LogP contribution in [-0.4, -0.2) is 9.85 Å². The summed E-state index contributed by atoms with van der Waals surface area (Å²) in [4.78, 5) is 22.2. The average molecular weight is 524 g/mol. The normalized spacial score (nSPS) is 10.5. The van der Waals surface area contributed by atoms with E-state index in [0.717, 1.165) is 17.3 Å². The van der Waals surface area contributed by atoms with Crippen LogP contribution in [0.1, 0.15) is 5.56 Å². The van der Waals surface area contributed by atoms with E-state index in [9.17, 15) is 20.2 Å². The Labute approximate surface area is 216 Å². The molecule has 0 saturated heterocycles. The van der Waals surface area contributed by atoms with Crippen LogP contribution in [0.25, 0.3) is 0 Å². The topological polar surface area (TPSA) is 122 Å². The Morgan fingerprint density at radius 2 is 1.06 bits per heavy atom. The molecule has 9 nitrogen and oxygen atoms in total. The van der Waals surface area contributed by atoms with Gasteiger partial charge in [-0.1, -0.05) is 29.3 Å². The molecule has 0 bridgehead atoms. The van der Waals surface area contributed by atoms with Crippen LogP contribution >= 0.6 is 23.2 Å². The van der Waals surface area contributed by atoms with E-state index >= 15 is 0 Å². The van der Waals surface area contributed by atoms with E-state index in [-0.39, 0.29) is 11.4 Å². The number of anilines is 6. The quantitative estimate of drug-likeness (QED) is 0.156. The van der Waals surface area contributed by atoms with Crippen LogP contribution in [-0.2, 0) is 0 Å². The number of nitro benzene ring substituents is 2. The lowest BCUT2D eigenvalue weighted by Crippen LogP contribution is -2.04. The second-order valence-electron chi connectivity index (χ2n) is 7.84. The fraction of sp³-hybridized carbons (Fsp3) is 0.0400. The summed E-state index contributed by atoms with van der Waals surface area (Å²) in [7, 11) is 0. The Morgan fingerprint density at radius 1 is 0.583 bits per heavy atom. The first-order valence-corrected chi connectivity index (χ1v) is 11.3. The standard InChI is InChI=1S/C25H19Cl2N5O4/c1-15-2-11-20(28-18-7-3-16(26)4-8-18)21(12-15)30-23-13-22(29-19-9-5-17(27)6-10-19)24(31(33)34)14-25(23)32(35)36/h2-14,28-30H,1H3. The van der Waals surface area contributed by atoms with Crippen LogP contribution in [0.2, 0.25) is 10.0 Å². The number of nitro groups is 2. The van der Waals surface area contributed by atoms with Gasteiger partial charge in [-0.15, -0.1) is 0 Å². The summed E-state index contributed by atoms with van der Waals surface area (Å²) < 4.78 is 0. The number of benzene rings is 4. The zero-order valence-corrected chi connectivity index (χ0v) is 20.3.